The van der Waals surface area contributed by atoms with E-state index in [9.17, 15) is 9.59 Å². The maximum atomic E-state index is 11.8. The average Bonchev–Trinajstić information content (AvgIpc) is 2.45. The first-order valence-electron chi connectivity index (χ1n) is 6.26. The van der Waals surface area contributed by atoms with Crippen LogP contribution in [0.15, 0.2) is 24.3 Å². The van der Waals surface area contributed by atoms with Gasteiger partial charge in [-0.2, -0.15) is 0 Å². The summed E-state index contributed by atoms with van der Waals surface area (Å²) in [5, 5.41) is 5.67. The van der Waals surface area contributed by atoms with E-state index >= 15 is 0 Å². The molecule has 2 N–H and O–H groups in total. The van der Waals surface area contributed by atoms with Gasteiger partial charge in [-0.05, 0) is 31.3 Å². The number of hydrogen-bond acceptors (Lipinski definition) is 4. The number of carbonyl (C=O) groups is 2. The van der Waals surface area contributed by atoms with E-state index in [2.05, 4.69) is 10.6 Å². The molecule has 0 aliphatic rings. The molecule has 104 valence electrons. The molecule has 0 spiro atoms. The molecule has 1 amide bonds. The van der Waals surface area contributed by atoms with Gasteiger partial charge in [-0.1, -0.05) is 0 Å². The van der Waals surface area contributed by atoms with Crippen molar-refractivity contribution in [2.75, 3.05) is 27.2 Å². The number of rotatable bonds is 8. The van der Waals surface area contributed by atoms with Crippen molar-refractivity contribution in [3.8, 4) is 5.75 Å². The van der Waals surface area contributed by atoms with E-state index in [0.717, 1.165) is 6.54 Å². The van der Waals surface area contributed by atoms with Crippen LogP contribution in [0.4, 0.5) is 0 Å². The molecule has 1 aromatic carbocycles. The highest BCUT2D eigenvalue weighted by atomic mass is 16.5. The normalized spacial score (nSPS) is 10.0. The lowest BCUT2D eigenvalue weighted by atomic mass is 10.1. The van der Waals surface area contributed by atoms with Gasteiger partial charge >= 0.3 is 0 Å². The Balaban J connectivity index is 2.35. The highest BCUT2D eigenvalue weighted by Gasteiger charge is 2.09. The number of ketones is 1. The second kappa shape index (κ2) is 8.26. The lowest BCUT2D eigenvalue weighted by molar-refractivity contribution is -0.121. The fourth-order valence-corrected chi connectivity index (χ4v) is 1.56. The first-order valence-corrected chi connectivity index (χ1v) is 6.26. The average molecular weight is 264 g/mol. The lowest BCUT2D eigenvalue weighted by Gasteiger charge is -2.05. The van der Waals surface area contributed by atoms with Crippen LogP contribution in [0.2, 0.25) is 0 Å². The Labute approximate surface area is 113 Å². The molecule has 0 fully saturated rings. The predicted molar refractivity (Wildman–Crippen MR) is 73.5 cm³/mol. The first-order chi connectivity index (χ1) is 9.17. The van der Waals surface area contributed by atoms with Crippen molar-refractivity contribution >= 4 is 11.7 Å². The standard InChI is InChI=1S/C14H20N2O3/c1-15-9-10-16-14(18)8-7-13(17)11-3-5-12(19-2)6-4-11/h3-6,15H,7-10H2,1-2H3,(H,16,18). The number of Topliss-reactive ketones (excluding diaryl/α,β-unsaturated/α-hetero) is 1. The minimum atomic E-state index is -0.0999. The van der Waals surface area contributed by atoms with Crippen LogP contribution < -0.4 is 15.4 Å². The van der Waals surface area contributed by atoms with E-state index in [0.29, 0.717) is 17.9 Å². The van der Waals surface area contributed by atoms with Gasteiger partial charge in [0, 0.05) is 31.5 Å². The van der Waals surface area contributed by atoms with Crippen molar-refractivity contribution in [2.24, 2.45) is 0 Å². The molecular weight excluding hydrogens is 244 g/mol. The van der Waals surface area contributed by atoms with Crippen LogP contribution in [0.25, 0.3) is 0 Å². The van der Waals surface area contributed by atoms with Gasteiger partial charge in [0.25, 0.3) is 0 Å². The summed E-state index contributed by atoms with van der Waals surface area (Å²) < 4.78 is 5.02. The zero-order chi connectivity index (χ0) is 14.1. The van der Waals surface area contributed by atoms with E-state index in [1.807, 2.05) is 7.05 Å². The van der Waals surface area contributed by atoms with Gasteiger partial charge in [-0.25, -0.2) is 0 Å². The van der Waals surface area contributed by atoms with E-state index in [-0.39, 0.29) is 24.5 Å². The molecule has 0 bridgehead atoms. The maximum absolute atomic E-state index is 11.8. The molecule has 1 rings (SSSR count). The third kappa shape index (κ3) is 5.52. The summed E-state index contributed by atoms with van der Waals surface area (Å²) in [4.78, 5) is 23.3. The fourth-order valence-electron chi connectivity index (χ4n) is 1.56. The first kappa shape index (κ1) is 15.2. The number of carbonyl (C=O) groups excluding carboxylic acids is 2. The zero-order valence-corrected chi connectivity index (χ0v) is 11.4. The Morgan fingerprint density at radius 3 is 2.37 bits per heavy atom. The molecule has 0 aliphatic heterocycles. The summed E-state index contributed by atoms with van der Waals surface area (Å²) in [5.41, 5.74) is 0.601. The maximum Gasteiger partial charge on any atom is 0.220 e. The third-order valence-corrected chi connectivity index (χ3v) is 2.69. The van der Waals surface area contributed by atoms with Crippen molar-refractivity contribution in [3.63, 3.8) is 0 Å². The van der Waals surface area contributed by atoms with Crippen LogP contribution in [0.5, 0.6) is 5.75 Å². The van der Waals surface area contributed by atoms with E-state index in [1.54, 1.807) is 31.4 Å². The zero-order valence-electron chi connectivity index (χ0n) is 11.4. The van der Waals surface area contributed by atoms with Gasteiger partial charge < -0.3 is 15.4 Å². The van der Waals surface area contributed by atoms with Gasteiger partial charge in [0.1, 0.15) is 5.75 Å². The molecule has 0 unspecified atom stereocenters. The number of ether oxygens (including phenoxy) is 1. The Morgan fingerprint density at radius 1 is 1.11 bits per heavy atom. The van der Waals surface area contributed by atoms with Gasteiger partial charge in [0.15, 0.2) is 5.78 Å². The van der Waals surface area contributed by atoms with E-state index in [1.165, 1.54) is 0 Å². The smallest absolute Gasteiger partial charge is 0.220 e. The molecule has 5 nitrogen and oxygen atoms in total. The topological polar surface area (TPSA) is 67.4 Å². The van der Waals surface area contributed by atoms with Gasteiger partial charge in [-0.15, -0.1) is 0 Å². The largest absolute Gasteiger partial charge is 0.497 e. The number of methoxy groups -OCH3 is 1. The molecular formula is C14H20N2O3. The highest BCUT2D eigenvalue weighted by molar-refractivity contribution is 5.98. The monoisotopic (exact) mass is 264 g/mol. The lowest BCUT2D eigenvalue weighted by Crippen LogP contribution is -2.30. The molecule has 0 aromatic heterocycles. The van der Waals surface area contributed by atoms with Crippen LogP contribution in [0.1, 0.15) is 23.2 Å². The summed E-state index contributed by atoms with van der Waals surface area (Å²) >= 11 is 0. The van der Waals surface area contributed by atoms with Gasteiger partial charge in [-0.3, -0.25) is 9.59 Å². The Bertz CT molecular complexity index is 415. The minimum absolute atomic E-state index is 0.0357. The highest BCUT2D eigenvalue weighted by Crippen LogP contribution is 2.13. The number of amides is 1. The molecule has 0 atom stereocenters. The van der Waals surface area contributed by atoms with Crippen molar-refractivity contribution in [2.45, 2.75) is 12.8 Å². The van der Waals surface area contributed by atoms with E-state index in [4.69, 9.17) is 4.74 Å². The summed E-state index contributed by atoms with van der Waals surface area (Å²) in [6, 6.07) is 6.89. The fraction of sp³-hybridized carbons (Fsp3) is 0.429. The quantitative estimate of drug-likeness (QED) is 0.543. The number of benzene rings is 1. The van der Waals surface area contributed by atoms with Crippen molar-refractivity contribution < 1.29 is 14.3 Å². The predicted octanol–water partition coefficient (Wildman–Crippen LogP) is 0.994. The Morgan fingerprint density at radius 2 is 1.79 bits per heavy atom. The SMILES string of the molecule is CNCCNC(=O)CCC(=O)c1ccc(OC)cc1. The third-order valence-electron chi connectivity index (χ3n) is 2.69. The minimum Gasteiger partial charge on any atom is -0.497 e. The molecule has 19 heavy (non-hydrogen) atoms. The molecule has 0 saturated carbocycles. The van der Waals surface area contributed by atoms with Crippen LogP contribution in [0, 0.1) is 0 Å². The molecule has 1 aromatic rings. The Kier molecular flexibility index (Phi) is 6.60. The summed E-state index contributed by atoms with van der Waals surface area (Å²) in [7, 11) is 3.39. The molecule has 5 heteroatoms. The van der Waals surface area contributed by atoms with E-state index < -0.39 is 0 Å². The number of nitrogens with one attached hydrogen (secondary N) is 2. The molecule has 0 saturated heterocycles. The molecule has 0 aliphatic carbocycles. The second-order valence-corrected chi connectivity index (χ2v) is 4.11. The number of likely N-dealkylation sites (N-methyl/N-ethyl adjacent to an activating group) is 1. The van der Waals surface area contributed by atoms with Crippen molar-refractivity contribution in [3.05, 3.63) is 29.8 Å². The summed E-state index contributed by atoms with van der Waals surface area (Å²) in [6.07, 6.45) is 0.437. The molecule has 0 heterocycles. The van der Waals surface area contributed by atoms with Gasteiger partial charge in [0.05, 0.1) is 7.11 Å². The molecule has 0 radical (unpaired) electrons. The Hall–Kier alpha value is -1.88. The van der Waals surface area contributed by atoms with Crippen molar-refractivity contribution in [1.29, 1.82) is 0 Å². The number of hydrogen-bond donors (Lipinski definition) is 2. The van der Waals surface area contributed by atoms with Gasteiger partial charge in [0.2, 0.25) is 5.91 Å². The van der Waals surface area contributed by atoms with Crippen LogP contribution >= 0.6 is 0 Å². The van der Waals surface area contributed by atoms with Crippen LogP contribution in [0.3, 0.4) is 0 Å². The van der Waals surface area contributed by atoms with Crippen LogP contribution in [-0.4, -0.2) is 38.9 Å². The second-order valence-electron chi connectivity index (χ2n) is 4.11. The van der Waals surface area contributed by atoms with Crippen LogP contribution in [-0.2, 0) is 4.79 Å². The summed E-state index contributed by atoms with van der Waals surface area (Å²) in [5.74, 6) is 0.574. The van der Waals surface area contributed by atoms with Crippen molar-refractivity contribution in [1.82, 2.24) is 10.6 Å². The summed E-state index contributed by atoms with van der Waals surface area (Å²) in [6.45, 7) is 1.30.